The molecule has 6 nitrogen and oxygen atoms in total. The van der Waals surface area contributed by atoms with Crippen LogP contribution < -0.4 is 0 Å². The van der Waals surface area contributed by atoms with Crippen molar-refractivity contribution in [2.24, 2.45) is 0 Å². The first-order chi connectivity index (χ1) is 16.5. The highest BCUT2D eigenvalue weighted by atomic mass is 15.4. The molecule has 5 aromatic rings. The molecule has 0 spiro atoms. The predicted molar refractivity (Wildman–Crippen MR) is 136 cm³/mol. The Bertz CT molecular complexity index is 1290. The summed E-state index contributed by atoms with van der Waals surface area (Å²) < 4.78 is 3.98. The maximum Gasteiger partial charge on any atom is 0.181 e. The first-order valence-electron chi connectivity index (χ1n) is 11.7. The van der Waals surface area contributed by atoms with Crippen molar-refractivity contribution in [3.63, 3.8) is 0 Å². The molecule has 3 aromatic carbocycles. The van der Waals surface area contributed by atoms with Crippen LogP contribution in [0.15, 0.2) is 84.9 Å². The molecule has 5 rings (SSSR count). The van der Waals surface area contributed by atoms with Gasteiger partial charge in [-0.2, -0.15) is 10.2 Å². The summed E-state index contributed by atoms with van der Waals surface area (Å²) in [6.07, 6.45) is 0. The largest absolute Gasteiger partial charge is 0.243 e. The Morgan fingerprint density at radius 1 is 0.500 bits per heavy atom. The third-order valence-electron chi connectivity index (χ3n) is 5.68. The molecular formula is C28H28N6. The van der Waals surface area contributed by atoms with Crippen LogP contribution in [0.3, 0.4) is 0 Å². The topological polar surface area (TPSA) is 61.4 Å². The SMILES string of the molecule is CC(C)n1nc(-c2ccccc2)nc1-c1cccc(-c2nc(-c3ccccc3)nn2C(C)C)c1. The standard InChI is InChI=1S/C28H28N6/c1-19(2)33-27(29-25(31-33)21-12-7-5-8-13-21)23-16-11-17-24(18-23)28-30-26(32-34(28)20(3)4)22-14-9-6-10-15-22/h5-20H,1-4H3. The van der Waals surface area contributed by atoms with Crippen LogP contribution in [0.5, 0.6) is 0 Å². The molecule has 6 heteroatoms. The minimum atomic E-state index is 0.174. The van der Waals surface area contributed by atoms with Gasteiger partial charge in [0.25, 0.3) is 0 Å². The minimum Gasteiger partial charge on any atom is -0.243 e. The van der Waals surface area contributed by atoms with Gasteiger partial charge in [-0.25, -0.2) is 19.3 Å². The Morgan fingerprint density at radius 3 is 1.26 bits per heavy atom. The highest BCUT2D eigenvalue weighted by Gasteiger charge is 2.19. The van der Waals surface area contributed by atoms with Crippen LogP contribution in [0, 0.1) is 0 Å². The Kier molecular flexibility index (Phi) is 5.80. The van der Waals surface area contributed by atoms with Crippen molar-refractivity contribution in [3.8, 4) is 45.6 Å². The maximum absolute atomic E-state index is 4.93. The summed E-state index contributed by atoms with van der Waals surface area (Å²) >= 11 is 0. The zero-order valence-electron chi connectivity index (χ0n) is 19.9. The van der Waals surface area contributed by atoms with Crippen LogP contribution in [-0.4, -0.2) is 29.5 Å². The number of hydrogen-bond donors (Lipinski definition) is 0. The van der Waals surface area contributed by atoms with Gasteiger partial charge < -0.3 is 0 Å². The third-order valence-corrected chi connectivity index (χ3v) is 5.68. The van der Waals surface area contributed by atoms with Crippen molar-refractivity contribution in [1.29, 1.82) is 0 Å². The fourth-order valence-electron chi connectivity index (χ4n) is 3.98. The Labute approximate surface area is 200 Å². The Balaban J connectivity index is 1.61. The lowest BCUT2D eigenvalue weighted by Gasteiger charge is -2.12. The van der Waals surface area contributed by atoms with Crippen molar-refractivity contribution in [3.05, 3.63) is 84.9 Å². The molecule has 2 heterocycles. The molecule has 0 amide bonds. The molecule has 0 aliphatic carbocycles. The lowest BCUT2D eigenvalue weighted by Crippen LogP contribution is -2.06. The van der Waals surface area contributed by atoms with E-state index in [-0.39, 0.29) is 12.1 Å². The zero-order chi connectivity index (χ0) is 23.7. The van der Waals surface area contributed by atoms with E-state index in [0.717, 1.165) is 45.6 Å². The van der Waals surface area contributed by atoms with E-state index in [9.17, 15) is 0 Å². The molecule has 34 heavy (non-hydrogen) atoms. The molecule has 2 aromatic heterocycles. The van der Waals surface area contributed by atoms with Crippen LogP contribution in [0.4, 0.5) is 0 Å². The molecule has 0 radical (unpaired) electrons. The number of rotatable bonds is 6. The second-order valence-electron chi connectivity index (χ2n) is 8.91. The fraction of sp³-hybridized carbons (Fsp3) is 0.214. The van der Waals surface area contributed by atoms with Gasteiger partial charge in [-0.3, -0.25) is 0 Å². The normalized spacial score (nSPS) is 11.5. The van der Waals surface area contributed by atoms with E-state index >= 15 is 0 Å². The second-order valence-corrected chi connectivity index (χ2v) is 8.91. The van der Waals surface area contributed by atoms with Crippen LogP contribution in [0.25, 0.3) is 45.6 Å². The van der Waals surface area contributed by atoms with Crippen molar-refractivity contribution in [2.45, 2.75) is 39.8 Å². The van der Waals surface area contributed by atoms with Crippen molar-refractivity contribution in [2.75, 3.05) is 0 Å². The lowest BCUT2D eigenvalue weighted by atomic mass is 10.1. The monoisotopic (exact) mass is 448 g/mol. The Morgan fingerprint density at radius 2 is 0.882 bits per heavy atom. The molecule has 0 fully saturated rings. The van der Waals surface area contributed by atoms with Crippen LogP contribution in [-0.2, 0) is 0 Å². The van der Waals surface area contributed by atoms with Gasteiger partial charge in [0.1, 0.15) is 0 Å². The van der Waals surface area contributed by atoms with Crippen molar-refractivity contribution in [1.82, 2.24) is 29.5 Å². The van der Waals surface area contributed by atoms with E-state index in [0.29, 0.717) is 0 Å². The fourth-order valence-corrected chi connectivity index (χ4v) is 3.98. The highest BCUT2D eigenvalue weighted by Crippen LogP contribution is 2.30. The average molecular weight is 449 g/mol. The van der Waals surface area contributed by atoms with E-state index in [1.807, 2.05) is 76.1 Å². The van der Waals surface area contributed by atoms with E-state index < -0.39 is 0 Å². The maximum atomic E-state index is 4.93. The van der Waals surface area contributed by atoms with Crippen molar-refractivity contribution >= 4 is 0 Å². The summed E-state index contributed by atoms with van der Waals surface area (Å²) in [6, 6.07) is 28.9. The van der Waals surface area contributed by atoms with E-state index in [2.05, 4.69) is 45.9 Å². The molecule has 0 saturated heterocycles. The number of benzene rings is 3. The first kappa shape index (κ1) is 21.8. The number of aromatic nitrogens is 6. The summed E-state index contributed by atoms with van der Waals surface area (Å²) in [6.45, 7) is 8.49. The number of hydrogen-bond acceptors (Lipinski definition) is 4. The van der Waals surface area contributed by atoms with Crippen LogP contribution >= 0.6 is 0 Å². The van der Waals surface area contributed by atoms with Crippen LogP contribution in [0.1, 0.15) is 39.8 Å². The summed E-state index contributed by atoms with van der Waals surface area (Å²) in [5.74, 6) is 3.14. The minimum absolute atomic E-state index is 0.174. The molecule has 0 aliphatic rings. The molecule has 0 unspecified atom stereocenters. The highest BCUT2D eigenvalue weighted by molar-refractivity contribution is 5.69. The van der Waals surface area contributed by atoms with Gasteiger partial charge in [-0.1, -0.05) is 78.9 Å². The zero-order valence-corrected chi connectivity index (χ0v) is 19.9. The molecular weight excluding hydrogens is 420 g/mol. The van der Waals surface area contributed by atoms with E-state index in [1.165, 1.54) is 0 Å². The molecule has 170 valence electrons. The van der Waals surface area contributed by atoms with E-state index in [1.54, 1.807) is 0 Å². The summed E-state index contributed by atoms with van der Waals surface area (Å²) in [5, 5.41) is 9.64. The van der Waals surface area contributed by atoms with E-state index in [4.69, 9.17) is 20.2 Å². The smallest absolute Gasteiger partial charge is 0.181 e. The van der Waals surface area contributed by atoms with Crippen LogP contribution in [0.2, 0.25) is 0 Å². The average Bonchev–Trinajstić information content (AvgIpc) is 3.51. The second kappa shape index (κ2) is 9.06. The molecule has 0 aliphatic heterocycles. The first-order valence-corrected chi connectivity index (χ1v) is 11.7. The van der Waals surface area contributed by atoms with Gasteiger partial charge in [0.05, 0.1) is 0 Å². The predicted octanol–water partition coefficient (Wildman–Crippen LogP) is 6.70. The molecule has 0 N–H and O–H groups in total. The van der Waals surface area contributed by atoms with Gasteiger partial charge in [-0.05, 0) is 33.8 Å². The summed E-state index contributed by atoms with van der Waals surface area (Å²) in [4.78, 5) is 9.85. The lowest BCUT2D eigenvalue weighted by molar-refractivity contribution is 0.538. The van der Waals surface area contributed by atoms with Gasteiger partial charge >= 0.3 is 0 Å². The number of nitrogens with zero attached hydrogens (tertiary/aromatic N) is 6. The van der Waals surface area contributed by atoms with Gasteiger partial charge in [0.2, 0.25) is 0 Å². The quantitative estimate of drug-likeness (QED) is 0.290. The van der Waals surface area contributed by atoms with Crippen molar-refractivity contribution < 1.29 is 0 Å². The summed E-state index contributed by atoms with van der Waals surface area (Å²) in [7, 11) is 0. The molecule has 0 bridgehead atoms. The van der Waals surface area contributed by atoms with Gasteiger partial charge in [-0.15, -0.1) is 0 Å². The van der Waals surface area contributed by atoms with Gasteiger partial charge in [0, 0.05) is 34.3 Å². The third kappa shape index (κ3) is 4.15. The summed E-state index contributed by atoms with van der Waals surface area (Å²) in [5.41, 5.74) is 4.01. The molecule has 0 saturated carbocycles. The van der Waals surface area contributed by atoms with Gasteiger partial charge in [0.15, 0.2) is 23.3 Å². The Hall–Kier alpha value is -4.06. The molecule has 0 atom stereocenters.